The fraction of sp³-hybridized carbons (Fsp3) is 0.348. The minimum atomic E-state index is -0.244. The molecule has 156 valence electrons. The van der Waals surface area contributed by atoms with Gasteiger partial charge in [0.1, 0.15) is 11.2 Å². The van der Waals surface area contributed by atoms with E-state index in [4.69, 9.17) is 11.6 Å². The number of pyridine rings is 2. The Morgan fingerprint density at radius 1 is 1.23 bits per heavy atom. The first-order chi connectivity index (χ1) is 14.5. The van der Waals surface area contributed by atoms with Crippen LogP contribution in [-0.2, 0) is 6.54 Å². The first-order valence-corrected chi connectivity index (χ1v) is 11.6. The van der Waals surface area contributed by atoms with E-state index in [0.717, 1.165) is 28.5 Å². The maximum atomic E-state index is 13.3. The highest BCUT2D eigenvalue weighted by Crippen LogP contribution is 2.37. The number of carbonyl (C=O) groups is 1. The fourth-order valence-corrected chi connectivity index (χ4v) is 5.48. The molecule has 7 heteroatoms. The molecule has 0 unspecified atom stereocenters. The topological polar surface area (TPSA) is 55.2 Å². The molecule has 1 aliphatic heterocycles. The molecule has 5 nitrogen and oxygen atoms in total. The minimum Gasteiger partial charge on any atom is -0.338 e. The molecule has 3 aromatic rings. The van der Waals surface area contributed by atoms with Gasteiger partial charge in [0.05, 0.1) is 5.39 Å². The Kier molecular flexibility index (Phi) is 6.16. The predicted molar refractivity (Wildman–Crippen MR) is 124 cm³/mol. The molecule has 0 radical (unpaired) electrons. The third-order valence-electron chi connectivity index (χ3n) is 5.51. The first-order valence-electron chi connectivity index (χ1n) is 10.2. The molecule has 3 heterocycles. The smallest absolute Gasteiger partial charge is 0.259 e. The first kappa shape index (κ1) is 20.9. The number of carbonyl (C=O) groups excluding carboxylic acids is 1. The zero-order chi connectivity index (χ0) is 21.3. The van der Waals surface area contributed by atoms with E-state index >= 15 is 0 Å². The summed E-state index contributed by atoms with van der Waals surface area (Å²) in [5.41, 5.74) is 2.56. The summed E-state index contributed by atoms with van der Waals surface area (Å²) < 4.78 is 1.89. The van der Waals surface area contributed by atoms with Gasteiger partial charge in [-0.1, -0.05) is 29.8 Å². The molecule has 1 aliphatic rings. The number of benzene rings is 1. The Balaban J connectivity index is 1.63. The maximum Gasteiger partial charge on any atom is 0.259 e. The van der Waals surface area contributed by atoms with Crippen molar-refractivity contribution >= 4 is 40.3 Å². The number of halogens is 1. The van der Waals surface area contributed by atoms with Crippen LogP contribution in [0.1, 0.15) is 40.2 Å². The van der Waals surface area contributed by atoms with Gasteiger partial charge in [0.25, 0.3) is 5.91 Å². The number of hydrogen-bond donors (Lipinski definition) is 0. The van der Waals surface area contributed by atoms with Gasteiger partial charge in [-0.25, -0.2) is 4.98 Å². The molecular weight excluding hydrogens is 418 g/mol. The van der Waals surface area contributed by atoms with Crippen molar-refractivity contribution in [3.8, 4) is 0 Å². The molecule has 1 atom stereocenters. The average molecular weight is 442 g/mol. The van der Waals surface area contributed by atoms with Crippen LogP contribution in [0.2, 0.25) is 5.02 Å². The van der Waals surface area contributed by atoms with Crippen LogP contribution < -0.4 is 5.43 Å². The predicted octanol–water partition coefficient (Wildman–Crippen LogP) is 4.70. The molecule has 0 spiro atoms. The van der Waals surface area contributed by atoms with Crippen molar-refractivity contribution in [3.05, 3.63) is 74.7 Å². The van der Waals surface area contributed by atoms with E-state index in [1.807, 2.05) is 54.4 Å². The third kappa shape index (κ3) is 3.98. The van der Waals surface area contributed by atoms with Gasteiger partial charge in [0.15, 0.2) is 0 Å². The molecule has 2 aromatic heterocycles. The summed E-state index contributed by atoms with van der Waals surface area (Å²) in [5, 5.41) is 1.50. The van der Waals surface area contributed by atoms with Crippen molar-refractivity contribution in [2.75, 3.05) is 18.8 Å². The number of aromatic nitrogens is 2. The monoisotopic (exact) mass is 441 g/mol. The Morgan fingerprint density at radius 3 is 2.80 bits per heavy atom. The van der Waals surface area contributed by atoms with Crippen molar-refractivity contribution in [2.24, 2.45) is 0 Å². The SMILES string of the molecule is CCn1cc(C(=O)N2CCS[C@H](c3ccccc3Cl)CC2)c(=O)c2ccc(C)nc21. The lowest BCUT2D eigenvalue weighted by Gasteiger charge is -2.21. The quantitative estimate of drug-likeness (QED) is 0.591. The molecular formula is C23H24ClN3O2S. The van der Waals surface area contributed by atoms with Crippen molar-refractivity contribution in [1.82, 2.24) is 14.5 Å². The van der Waals surface area contributed by atoms with Crippen LogP contribution in [0.4, 0.5) is 0 Å². The van der Waals surface area contributed by atoms with Gasteiger partial charge in [0.2, 0.25) is 5.43 Å². The van der Waals surface area contributed by atoms with Crippen LogP contribution in [-0.4, -0.2) is 39.2 Å². The van der Waals surface area contributed by atoms with Crippen LogP contribution in [0, 0.1) is 6.92 Å². The Bertz CT molecular complexity index is 1160. The summed E-state index contributed by atoms with van der Waals surface area (Å²) >= 11 is 8.19. The zero-order valence-corrected chi connectivity index (χ0v) is 18.7. The number of fused-ring (bicyclic) bond motifs is 1. The minimum absolute atomic E-state index is 0.204. The molecule has 0 aliphatic carbocycles. The maximum absolute atomic E-state index is 13.3. The lowest BCUT2D eigenvalue weighted by atomic mass is 10.1. The number of rotatable bonds is 3. The Hall–Kier alpha value is -2.31. The van der Waals surface area contributed by atoms with Gasteiger partial charge < -0.3 is 9.47 Å². The summed E-state index contributed by atoms with van der Waals surface area (Å²) in [6.45, 7) is 5.72. The van der Waals surface area contributed by atoms with Gasteiger partial charge in [-0.15, -0.1) is 0 Å². The van der Waals surface area contributed by atoms with Crippen molar-refractivity contribution in [1.29, 1.82) is 0 Å². The van der Waals surface area contributed by atoms with E-state index in [0.29, 0.717) is 30.7 Å². The highest BCUT2D eigenvalue weighted by Gasteiger charge is 2.26. The molecule has 0 N–H and O–H groups in total. The molecule has 1 fully saturated rings. The zero-order valence-electron chi connectivity index (χ0n) is 17.1. The summed E-state index contributed by atoms with van der Waals surface area (Å²) in [6, 6.07) is 11.5. The van der Waals surface area contributed by atoms with Crippen LogP contribution in [0.25, 0.3) is 11.0 Å². The van der Waals surface area contributed by atoms with Crippen LogP contribution in [0.5, 0.6) is 0 Å². The molecule has 30 heavy (non-hydrogen) atoms. The highest BCUT2D eigenvalue weighted by atomic mass is 35.5. The third-order valence-corrected chi connectivity index (χ3v) is 7.17. The van der Waals surface area contributed by atoms with Gasteiger partial charge in [-0.2, -0.15) is 11.8 Å². The average Bonchev–Trinajstić information content (AvgIpc) is 3.00. The van der Waals surface area contributed by atoms with Gasteiger partial charge in [-0.05, 0) is 44.0 Å². The van der Waals surface area contributed by atoms with E-state index in [9.17, 15) is 9.59 Å². The lowest BCUT2D eigenvalue weighted by molar-refractivity contribution is 0.0764. The van der Waals surface area contributed by atoms with E-state index in [1.165, 1.54) is 0 Å². The van der Waals surface area contributed by atoms with E-state index in [-0.39, 0.29) is 22.1 Å². The number of aryl methyl sites for hydroxylation is 2. The van der Waals surface area contributed by atoms with Crippen LogP contribution in [0.15, 0.2) is 47.4 Å². The summed E-state index contributed by atoms with van der Waals surface area (Å²) in [7, 11) is 0. The molecule has 4 rings (SSSR count). The van der Waals surface area contributed by atoms with E-state index < -0.39 is 0 Å². The van der Waals surface area contributed by atoms with Crippen molar-refractivity contribution < 1.29 is 4.79 Å². The van der Waals surface area contributed by atoms with Crippen LogP contribution in [0.3, 0.4) is 0 Å². The largest absolute Gasteiger partial charge is 0.338 e. The molecule has 0 bridgehead atoms. The number of amides is 1. The highest BCUT2D eigenvalue weighted by molar-refractivity contribution is 7.99. The second-order valence-corrected chi connectivity index (χ2v) is 9.16. The molecule has 0 saturated carbocycles. The second kappa shape index (κ2) is 8.82. The molecule has 1 aromatic carbocycles. The summed E-state index contributed by atoms with van der Waals surface area (Å²) in [6.07, 6.45) is 2.47. The van der Waals surface area contributed by atoms with E-state index in [1.54, 1.807) is 17.2 Å². The normalized spacial score (nSPS) is 17.2. The van der Waals surface area contributed by atoms with Gasteiger partial charge in [-0.3, -0.25) is 9.59 Å². The van der Waals surface area contributed by atoms with Crippen molar-refractivity contribution in [3.63, 3.8) is 0 Å². The second-order valence-electron chi connectivity index (χ2n) is 7.44. The molecule has 1 amide bonds. The molecule has 1 saturated heterocycles. The van der Waals surface area contributed by atoms with Crippen LogP contribution >= 0.6 is 23.4 Å². The Labute approximate surface area is 185 Å². The fourth-order valence-electron chi connectivity index (χ4n) is 3.88. The van der Waals surface area contributed by atoms with Gasteiger partial charge in [0, 0.05) is 47.6 Å². The number of hydrogen-bond acceptors (Lipinski definition) is 4. The Morgan fingerprint density at radius 2 is 2.03 bits per heavy atom. The van der Waals surface area contributed by atoms with Gasteiger partial charge >= 0.3 is 0 Å². The number of nitrogens with zero attached hydrogens (tertiary/aromatic N) is 3. The number of thioether (sulfide) groups is 1. The standard InChI is InChI=1S/C23H24ClN3O2S/c1-3-26-14-18(21(28)17-9-8-15(2)25-22(17)26)23(29)27-11-10-20(30-13-12-27)16-6-4-5-7-19(16)24/h4-9,14,20H,3,10-13H2,1-2H3/t20-/m0/s1. The van der Waals surface area contributed by atoms with Crippen molar-refractivity contribution in [2.45, 2.75) is 32.1 Å². The lowest BCUT2D eigenvalue weighted by Crippen LogP contribution is -2.36. The summed E-state index contributed by atoms with van der Waals surface area (Å²) in [5.74, 6) is 0.600. The van der Waals surface area contributed by atoms with E-state index in [2.05, 4.69) is 11.1 Å². The summed E-state index contributed by atoms with van der Waals surface area (Å²) in [4.78, 5) is 32.7.